The Kier molecular flexibility index (Phi) is 4.92. The zero-order chi connectivity index (χ0) is 16.1. The SMILES string of the molecule is CCc1ccc(NC(=O)CSC2=NN=C(c3ccco3)C2)cc1. The third kappa shape index (κ3) is 4.10. The van der Waals surface area contributed by atoms with Crippen molar-refractivity contribution in [3.05, 3.63) is 54.0 Å². The van der Waals surface area contributed by atoms with Crippen molar-refractivity contribution in [2.45, 2.75) is 19.8 Å². The van der Waals surface area contributed by atoms with E-state index in [0.29, 0.717) is 12.2 Å². The lowest BCUT2D eigenvalue weighted by atomic mass is 10.1. The lowest BCUT2D eigenvalue weighted by Crippen LogP contribution is -2.15. The molecule has 0 bridgehead atoms. The van der Waals surface area contributed by atoms with Crippen molar-refractivity contribution in [3.63, 3.8) is 0 Å². The number of nitrogens with zero attached hydrogens (tertiary/aromatic N) is 2. The van der Waals surface area contributed by atoms with Gasteiger partial charge in [0.05, 0.1) is 12.0 Å². The van der Waals surface area contributed by atoms with Gasteiger partial charge in [0.2, 0.25) is 5.91 Å². The molecule has 1 aromatic carbocycles. The molecule has 1 aliphatic heterocycles. The van der Waals surface area contributed by atoms with E-state index in [4.69, 9.17) is 4.42 Å². The van der Waals surface area contributed by atoms with E-state index in [9.17, 15) is 4.79 Å². The average molecular weight is 327 g/mol. The Morgan fingerprint density at radius 2 is 2.09 bits per heavy atom. The van der Waals surface area contributed by atoms with Crippen LogP contribution in [0, 0.1) is 0 Å². The standard InChI is InChI=1S/C17H17N3O2S/c1-2-12-5-7-13(8-6-12)18-16(21)11-23-17-10-14(19-20-17)15-4-3-9-22-15/h3-9H,2,10-11H2,1H3,(H,18,21). The molecule has 1 amide bonds. The number of nitrogens with one attached hydrogen (secondary N) is 1. The van der Waals surface area contributed by atoms with Crippen molar-refractivity contribution in [1.29, 1.82) is 0 Å². The molecule has 5 nitrogen and oxygen atoms in total. The average Bonchev–Trinajstić information content (AvgIpc) is 3.25. The number of carbonyl (C=O) groups excluding carboxylic acids is 1. The smallest absolute Gasteiger partial charge is 0.234 e. The highest BCUT2D eigenvalue weighted by Crippen LogP contribution is 2.19. The number of carbonyl (C=O) groups is 1. The fourth-order valence-corrected chi connectivity index (χ4v) is 2.87. The van der Waals surface area contributed by atoms with Gasteiger partial charge in [0.15, 0.2) is 0 Å². The van der Waals surface area contributed by atoms with Gasteiger partial charge in [-0.25, -0.2) is 0 Å². The molecule has 118 valence electrons. The van der Waals surface area contributed by atoms with Gasteiger partial charge in [0.25, 0.3) is 0 Å². The summed E-state index contributed by atoms with van der Waals surface area (Å²) in [5.74, 6) is 0.994. The van der Waals surface area contributed by atoms with E-state index < -0.39 is 0 Å². The molecule has 0 spiro atoms. The molecule has 1 aromatic heterocycles. The number of furan rings is 1. The van der Waals surface area contributed by atoms with Crippen LogP contribution in [-0.2, 0) is 11.2 Å². The van der Waals surface area contributed by atoms with Crippen LogP contribution in [0.3, 0.4) is 0 Å². The second-order valence-corrected chi connectivity index (χ2v) is 6.13. The van der Waals surface area contributed by atoms with Crippen molar-refractivity contribution >= 4 is 34.1 Å². The van der Waals surface area contributed by atoms with Crippen LogP contribution in [-0.4, -0.2) is 22.4 Å². The first-order valence-corrected chi connectivity index (χ1v) is 8.42. The Morgan fingerprint density at radius 1 is 1.26 bits per heavy atom. The molecule has 0 aliphatic carbocycles. The molecule has 2 aromatic rings. The van der Waals surface area contributed by atoms with Crippen molar-refractivity contribution in [2.24, 2.45) is 10.2 Å². The number of amides is 1. The van der Waals surface area contributed by atoms with Crippen LogP contribution in [0.2, 0.25) is 0 Å². The van der Waals surface area contributed by atoms with E-state index in [-0.39, 0.29) is 5.91 Å². The molecule has 1 N–H and O–H groups in total. The molecule has 0 fully saturated rings. The van der Waals surface area contributed by atoms with Crippen LogP contribution in [0.25, 0.3) is 0 Å². The number of rotatable bonds is 5. The summed E-state index contributed by atoms with van der Waals surface area (Å²) in [4.78, 5) is 12.0. The molecule has 0 atom stereocenters. The van der Waals surface area contributed by atoms with E-state index in [1.807, 2.05) is 36.4 Å². The Labute approximate surface area is 138 Å². The molecule has 3 rings (SSSR count). The Balaban J connectivity index is 1.45. The highest BCUT2D eigenvalue weighted by molar-refractivity contribution is 8.14. The summed E-state index contributed by atoms with van der Waals surface area (Å²) < 4.78 is 5.30. The summed E-state index contributed by atoms with van der Waals surface area (Å²) in [6.45, 7) is 2.10. The van der Waals surface area contributed by atoms with E-state index in [1.54, 1.807) is 6.26 Å². The molecule has 0 saturated heterocycles. The molecule has 23 heavy (non-hydrogen) atoms. The van der Waals surface area contributed by atoms with Crippen molar-refractivity contribution in [3.8, 4) is 0 Å². The molecule has 0 radical (unpaired) electrons. The minimum atomic E-state index is -0.0478. The molecular weight excluding hydrogens is 310 g/mol. The lowest BCUT2D eigenvalue weighted by molar-refractivity contribution is -0.113. The van der Waals surface area contributed by atoms with Crippen molar-refractivity contribution in [2.75, 3.05) is 11.1 Å². The van der Waals surface area contributed by atoms with Crippen molar-refractivity contribution < 1.29 is 9.21 Å². The van der Waals surface area contributed by atoms with Gasteiger partial charge in [-0.3, -0.25) is 4.79 Å². The van der Waals surface area contributed by atoms with E-state index >= 15 is 0 Å². The summed E-state index contributed by atoms with van der Waals surface area (Å²) in [5, 5.41) is 11.9. The van der Waals surface area contributed by atoms with Crippen LogP contribution < -0.4 is 5.32 Å². The molecule has 0 unspecified atom stereocenters. The molecular formula is C17H17N3O2S. The highest BCUT2D eigenvalue weighted by atomic mass is 32.2. The van der Waals surface area contributed by atoms with Gasteiger partial charge >= 0.3 is 0 Å². The summed E-state index contributed by atoms with van der Waals surface area (Å²) in [5.41, 5.74) is 2.86. The maximum Gasteiger partial charge on any atom is 0.234 e. The first-order valence-electron chi connectivity index (χ1n) is 7.43. The third-order valence-electron chi connectivity index (χ3n) is 3.42. The second kappa shape index (κ2) is 7.28. The monoisotopic (exact) mass is 327 g/mol. The van der Waals surface area contributed by atoms with Gasteiger partial charge < -0.3 is 9.73 Å². The molecule has 6 heteroatoms. The Morgan fingerprint density at radius 3 is 2.78 bits per heavy atom. The molecule has 0 saturated carbocycles. The van der Waals surface area contributed by atoms with Crippen LogP contribution in [0.5, 0.6) is 0 Å². The predicted molar refractivity (Wildman–Crippen MR) is 94.2 cm³/mol. The fraction of sp³-hybridized carbons (Fsp3) is 0.235. The fourth-order valence-electron chi connectivity index (χ4n) is 2.16. The quantitative estimate of drug-likeness (QED) is 0.910. The largest absolute Gasteiger partial charge is 0.463 e. The number of hydrogen-bond acceptors (Lipinski definition) is 5. The first kappa shape index (κ1) is 15.6. The summed E-state index contributed by atoms with van der Waals surface area (Å²) in [6.07, 6.45) is 3.21. The Hall–Kier alpha value is -2.34. The van der Waals surface area contributed by atoms with Crippen LogP contribution in [0.15, 0.2) is 57.3 Å². The maximum absolute atomic E-state index is 12.0. The topological polar surface area (TPSA) is 67.0 Å². The van der Waals surface area contributed by atoms with E-state index in [0.717, 1.165) is 28.6 Å². The highest BCUT2D eigenvalue weighted by Gasteiger charge is 2.17. The molecule has 2 heterocycles. The second-order valence-electron chi connectivity index (χ2n) is 5.08. The van der Waals surface area contributed by atoms with Gasteiger partial charge in [-0.2, -0.15) is 5.10 Å². The zero-order valence-corrected chi connectivity index (χ0v) is 13.6. The number of aryl methyl sites for hydroxylation is 1. The van der Waals surface area contributed by atoms with E-state index in [1.165, 1.54) is 17.3 Å². The lowest BCUT2D eigenvalue weighted by Gasteiger charge is -2.05. The predicted octanol–water partition coefficient (Wildman–Crippen LogP) is 3.72. The summed E-state index contributed by atoms with van der Waals surface area (Å²) in [6, 6.07) is 11.6. The zero-order valence-electron chi connectivity index (χ0n) is 12.8. The molecule has 1 aliphatic rings. The summed E-state index contributed by atoms with van der Waals surface area (Å²) in [7, 11) is 0. The third-order valence-corrected chi connectivity index (χ3v) is 4.39. The number of thioether (sulfide) groups is 1. The van der Waals surface area contributed by atoms with Gasteiger partial charge in [-0.15, -0.1) is 5.10 Å². The van der Waals surface area contributed by atoms with Gasteiger partial charge in [0, 0.05) is 12.1 Å². The Bertz CT molecular complexity index is 734. The number of anilines is 1. The van der Waals surface area contributed by atoms with Gasteiger partial charge in [0.1, 0.15) is 16.5 Å². The van der Waals surface area contributed by atoms with Gasteiger partial charge in [-0.05, 0) is 36.2 Å². The van der Waals surface area contributed by atoms with Crippen LogP contribution >= 0.6 is 11.8 Å². The number of benzene rings is 1. The van der Waals surface area contributed by atoms with Gasteiger partial charge in [-0.1, -0.05) is 30.8 Å². The minimum Gasteiger partial charge on any atom is -0.463 e. The first-order chi connectivity index (χ1) is 11.2. The number of hydrogen-bond donors (Lipinski definition) is 1. The van der Waals surface area contributed by atoms with Crippen molar-refractivity contribution in [1.82, 2.24) is 0 Å². The van der Waals surface area contributed by atoms with Crippen LogP contribution in [0.1, 0.15) is 24.7 Å². The van der Waals surface area contributed by atoms with Crippen LogP contribution in [0.4, 0.5) is 5.69 Å². The summed E-state index contributed by atoms with van der Waals surface area (Å²) >= 11 is 1.40. The minimum absolute atomic E-state index is 0.0478. The maximum atomic E-state index is 12.0. The normalized spacial score (nSPS) is 13.6. The van der Waals surface area contributed by atoms with E-state index in [2.05, 4.69) is 22.4 Å².